The second-order valence-electron chi connectivity index (χ2n) is 2.69. The van der Waals surface area contributed by atoms with Crippen LogP contribution in [0.1, 0.15) is 25.7 Å². The summed E-state index contributed by atoms with van der Waals surface area (Å²) in [6.45, 7) is 0. The Hall–Kier alpha value is -0.760. The highest BCUT2D eigenvalue weighted by Gasteiger charge is 2.19. The molecule has 0 aromatic carbocycles. The molecule has 2 aliphatic heterocycles. The monoisotopic (exact) mass is 360 g/mol. The standard InChI is InChI=1S/2C4H4O3.2BrH/c2*5-3-1-2-4(6)7-3;;/h2*1-2H2;2*1H. The Morgan fingerprint density at radius 1 is 0.562 bits per heavy atom. The van der Waals surface area contributed by atoms with E-state index in [0.29, 0.717) is 0 Å². The molecule has 0 aromatic rings. The molecule has 92 valence electrons. The van der Waals surface area contributed by atoms with Gasteiger partial charge in [-0.05, 0) is 0 Å². The van der Waals surface area contributed by atoms with E-state index in [0.717, 1.165) is 0 Å². The van der Waals surface area contributed by atoms with Crippen molar-refractivity contribution in [2.24, 2.45) is 0 Å². The van der Waals surface area contributed by atoms with Gasteiger partial charge in [-0.2, -0.15) is 0 Å². The Morgan fingerprint density at radius 2 is 0.750 bits per heavy atom. The van der Waals surface area contributed by atoms with E-state index in [4.69, 9.17) is 0 Å². The molecule has 2 fully saturated rings. The molecule has 0 amide bonds. The number of ether oxygens (including phenoxy) is 2. The normalized spacial score (nSPS) is 17.5. The fraction of sp³-hybridized carbons (Fsp3) is 0.500. The van der Waals surface area contributed by atoms with Gasteiger partial charge in [0.15, 0.2) is 0 Å². The molecule has 16 heavy (non-hydrogen) atoms. The van der Waals surface area contributed by atoms with E-state index in [1.165, 1.54) is 0 Å². The fourth-order valence-electron chi connectivity index (χ4n) is 0.866. The summed E-state index contributed by atoms with van der Waals surface area (Å²) in [5.41, 5.74) is 0. The van der Waals surface area contributed by atoms with Gasteiger partial charge in [-0.15, -0.1) is 34.0 Å². The average Bonchev–Trinajstić information content (AvgIpc) is 2.63. The Balaban J connectivity index is 0. The van der Waals surface area contributed by atoms with Crippen molar-refractivity contribution < 1.29 is 28.7 Å². The van der Waals surface area contributed by atoms with Crippen LogP contribution in [0, 0.1) is 0 Å². The van der Waals surface area contributed by atoms with E-state index in [1.54, 1.807) is 0 Å². The minimum absolute atomic E-state index is 0. The van der Waals surface area contributed by atoms with E-state index in [2.05, 4.69) is 9.47 Å². The third kappa shape index (κ3) is 6.67. The van der Waals surface area contributed by atoms with Gasteiger partial charge < -0.3 is 9.47 Å². The molecule has 0 radical (unpaired) electrons. The number of rotatable bonds is 0. The molecule has 2 rings (SSSR count). The Morgan fingerprint density at radius 3 is 0.812 bits per heavy atom. The van der Waals surface area contributed by atoms with Crippen LogP contribution in [-0.4, -0.2) is 23.9 Å². The topological polar surface area (TPSA) is 86.7 Å². The van der Waals surface area contributed by atoms with Crippen molar-refractivity contribution in [3.8, 4) is 0 Å². The highest BCUT2D eigenvalue weighted by Crippen LogP contribution is 2.04. The zero-order valence-electron chi connectivity index (χ0n) is 8.09. The first kappa shape index (κ1) is 17.6. The zero-order valence-corrected chi connectivity index (χ0v) is 11.5. The lowest BCUT2D eigenvalue weighted by Crippen LogP contribution is -1.95. The summed E-state index contributed by atoms with van der Waals surface area (Å²) < 4.78 is 8.17. The molecule has 8 heteroatoms. The Bertz CT molecular complexity index is 243. The van der Waals surface area contributed by atoms with Crippen molar-refractivity contribution in [2.75, 3.05) is 0 Å². The van der Waals surface area contributed by atoms with E-state index in [9.17, 15) is 19.2 Å². The first-order valence-corrected chi connectivity index (χ1v) is 4.05. The molecule has 0 N–H and O–H groups in total. The molecule has 2 heterocycles. The predicted molar refractivity (Wildman–Crippen MR) is 61.3 cm³/mol. The number of esters is 4. The average molecular weight is 362 g/mol. The molecule has 0 aromatic heterocycles. The molecule has 0 unspecified atom stereocenters. The van der Waals surface area contributed by atoms with Crippen LogP contribution in [0.25, 0.3) is 0 Å². The molecule has 0 saturated carbocycles. The van der Waals surface area contributed by atoms with Gasteiger partial charge in [0.2, 0.25) is 0 Å². The van der Waals surface area contributed by atoms with Crippen LogP contribution in [0.3, 0.4) is 0 Å². The van der Waals surface area contributed by atoms with Crippen LogP contribution in [-0.2, 0) is 28.7 Å². The summed E-state index contributed by atoms with van der Waals surface area (Å²) in [6, 6.07) is 0. The van der Waals surface area contributed by atoms with E-state index < -0.39 is 23.9 Å². The number of halogens is 2. The van der Waals surface area contributed by atoms with Crippen molar-refractivity contribution in [3.63, 3.8) is 0 Å². The van der Waals surface area contributed by atoms with Crippen molar-refractivity contribution in [2.45, 2.75) is 25.7 Å². The molecule has 0 spiro atoms. The summed E-state index contributed by atoms with van der Waals surface area (Å²) in [4.78, 5) is 40.0. The molecule has 0 aliphatic carbocycles. The van der Waals surface area contributed by atoms with Gasteiger partial charge in [-0.1, -0.05) is 0 Å². The van der Waals surface area contributed by atoms with E-state index in [1.807, 2.05) is 0 Å². The number of hydrogen-bond donors (Lipinski definition) is 0. The van der Waals surface area contributed by atoms with Crippen molar-refractivity contribution in [1.29, 1.82) is 0 Å². The second-order valence-corrected chi connectivity index (χ2v) is 2.69. The summed E-state index contributed by atoms with van der Waals surface area (Å²) in [6.07, 6.45) is 1.05. The van der Waals surface area contributed by atoms with Crippen LogP contribution in [0.15, 0.2) is 0 Å². The summed E-state index contributed by atoms with van der Waals surface area (Å²) in [5.74, 6) is -1.59. The molecule has 6 nitrogen and oxygen atoms in total. The summed E-state index contributed by atoms with van der Waals surface area (Å²) in [7, 11) is 0. The first-order valence-electron chi connectivity index (χ1n) is 4.05. The van der Waals surface area contributed by atoms with Gasteiger partial charge in [0.05, 0.1) is 25.7 Å². The lowest BCUT2D eigenvalue weighted by atomic mass is 10.4. The minimum atomic E-state index is -0.398. The maximum Gasteiger partial charge on any atom is 0.314 e. The Kier molecular flexibility index (Phi) is 9.25. The molecule has 0 atom stereocenters. The van der Waals surface area contributed by atoms with E-state index >= 15 is 0 Å². The van der Waals surface area contributed by atoms with Crippen LogP contribution in [0.4, 0.5) is 0 Å². The lowest BCUT2D eigenvalue weighted by Gasteiger charge is -1.79. The fourth-order valence-corrected chi connectivity index (χ4v) is 0.866. The van der Waals surface area contributed by atoms with Gasteiger partial charge in [-0.3, -0.25) is 19.2 Å². The third-order valence-corrected chi connectivity index (χ3v) is 1.52. The van der Waals surface area contributed by atoms with Crippen molar-refractivity contribution in [3.05, 3.63) is 0 Å². The molecule has 0 bridgehead atoms. The smallest absolute Gasteiger partial charge is 0.314 e. The van der Waals surface area contributed by atoms with Crippen LogP contribution in [0.5, 0.6) is 0 Å². The summed E-state index contributed by atoms with van der Waals surface area (Å²) in [5, 5.41) is 0. The quantitative estimate of drug-likeness (QED) is 0.469. The highest BCUT2D eigenvalue weighted by atomic mass is 79.9. The summed E-state index contributed by atoms with van der Waals surface area (Å²) >= 11 is 0. The molecular formula is C8H10Br2O6. The van der Waals surface area contributed by atoms with Gasteiger partial charge in [0, 0.05) is 0 Å². The number of hydrogen-bond acceptors (Lipinski definition) is 6. The van der Waals surface area contributed by atoms with Crippen molar-refractivity contribution in [1.82, 2.24) is 0 Å². The predicted octanol–water partition coefficient (Wildman–Crippen LogP) is 0.856. The van der Waals surface area contributed by atoms with Gasteiger partial charge in [-0.25, -0.2) is 0 Å². The maximum atomic E-state index is 10.0. The van der Waals surface area contributed by atoms with Crippen LogP contribution >= 0.6 is 34.0 Å². The largest absolute Gasteiger partial charge is 0.393 e. The second kappa shape index (κ2) is 8.40. The van der Waals surface area contributed by atoms with Gasteiger partial charge in [0.25, 0.3) is 0 Å². The van der Waals surface area contributed by atoms with Crippen LogP contribution < -0.4 is 0 Å². The maximum absolute atomic E-state index is 10.0. The SMILES string of the molecule is Br.Br.O=C1CCC(=O)O1.O=C1CCC(=O)O1. The molecular weight excluding hydrogens is 352 g/mol. The van der Waals surface area contributed by atoms with E-state index in [-0.39, 0.29) is 59.6 Å². The molecule has 2 aliphatic rings. The number of carbonyl (C=O) groups is 4. The zero-order chi connectivity index (χ0) is 10.6. The van der Waals surface area contributed by atoms with Crippen LogP contribution in [0.2, 0.25) is 0 Å². The Labute approximate surface area is 112 Å². The van der Waals surface area contributed by atoms with Crippen molar-refractivity contribution >= 4 is 57.8 Å². The van der Waals surface area contributed by atoms with Gasteiger partial charge >= 0.3 is 23.9 Å². The molecule has 2 saturated heterocycles. The highest BCUT2D eigenvalue weighted by molar-refractivity contribution is 8.93. The first-order chi connectivity index (χ1) is 6.58. The van der Waals surface area contributed by atoms with Gasteiger partial charge in [0.1, 0.15) is 0 Å². The number of cyclic esters (lactones) is 4. The number of carbonyl (C=O) groups excluding carboxylic acids is 4. The lowest BCUT2D eigenvalue weighted by molar-refractivity contribution is -0.153. The minimum Gasteiger partial charge on any atom is -0.393 e. The third-order valence-electron chi connectivity index (χ3n) is 1.52.